The van der Waals surface area contributed by atoms with Gasteiger partial charge in [0, 0.05) is 26.2 Å². The van der Waals surface area contributed by atoms with Crippen LogP contribution in [-0.4, -0.2) is 76.5 Å². The summed E-state index contributed by atoms with van der Waals surface area (Å²) >= 11 is 2.25. The molecule has 1 heterocycles. The maximum absolute atomic E-state index is 5.61. The average molecular weight is 388 g/mol. The highest BCUT2D eigenvalue weighted by atomic mass is 127. The van der Waals surface area contributed by atoms with E-state index in [2.05, 4.69) is 33.2 Å². The van der Waals surface area contributed by atoms with Crippen molar-refractivity contribution in [2.75, 3.05) is 72.4 Å². The molecule has 1 unspecified atom stereocenters. The summed E-state index contributed by atoms with van der Waals surface area (Å²) in [4.78, 5) is 0. The molecule has 0 saturated carbocycles. The van der Waals surface area contributed by atoms with Gasteiger partial charge in [-0.2, -0.15) is 0 Å². The van der Waals surface area contributed by atoms with Crippen LogP contribution in [-0.2, 0) is 18.9 Å². The van der Waals surface area contributed by atoms with Crippen molar-refractivity contribution in [1.82, 2.24) is 10.6 Å². The summed E-state index contributed by atoms with van der Waals surface area (Å²) in [6.45, 7) is 8.09. The number of hydrogen-bond acceptors (Lipinski definition) is 6. The molecule has 1 atom stereocenters. The minimum absolute atomic E-state index is 0.109. The van der Waals surface area contributed by atoms with E-state index >= 15 is 0 Å². The topological polar surface area (TPSA) is 61.0 Å². The van der Waals surface area contributed by atoms with E-state index in [4.69, 9.17) is 18.9 Å². The van der Waals surface area contributed by atoms with E-state index in [-0.39, 0.29) is 4.11 Å². The van der Waals surface area contributed by atoms with Gasteiger partial charge >= 0.3 is 0 Å². The first-order chi connectivity index (χ1) is 9.39. The summed E-state index contributed by atoms with van der Waals surface area (Å²) in [6.07, 6.45) is 0. The van der Waals surface area contributed by atoms with Crippen LogP contribution < -0.4 is 10.6 Å². The molecule has 1 saturated heterocycles. The molecular weight excluding hydrogens is 363 g/mol. The van der Waals surface area contributed by atoms with Gasteiger partial charge in [-0.05, 0) is 22.6 Å². The van der Waals surface area contributed by atoms with Crippen LogP contribution in [0.15, 0.2) is 0 Å². The van der Waals surface area contributed by atoms with Crippen LogP contribution in [0.25, 0.3) is 0 Å². The summed E-state index contributed by atoms with van der Waals surface area (Å²) in [5.41, 5.74) is 0. The van der Waals surface area contributed by atoms with Crippen LogP contribution in [0.3, 0.4) is 0 Å². The van der Waals surface area contributed by atoms with Gasteiger partial charge in [-0.1, -0.05) is 0 Å². The van der Waals surface area contributed by atoms with Crippen LogP contribution in [0.5, 0.6) is 0 Å². The first-order valence-electron chi connectivity index (χ1n) is 6.80. The minimum atomic E-state index is 0.109. The van der Waals surface area contributed by atoms with Gasteiger partial charge in [0.15, 0.2) is 0 Å². The van der Waals surface area contributed by atoms with Crippen molar-refractivity contribution in [3.05, 3.63) is 0 Å². The third-order valence-electron chi connectivity index (χ3n) is 2.47. The molecule has 1 rings (SSSR count). The van der Waals surface area contributed by atoms with Crippen molar-refractivity contribution < 1.29 is 18.9 Å². The van der Waals surface area contributed by atoms with Crippen LogP contribution in [0.1, 0.15) is 0 Å². The van der Waals surface area contributed by atoms with Gasteiger partial charge < -0.3 is 29.6 Å². The van der Waals surface area contributed by atoms with Gasteiger partial charge in [0.25, 0.3) is 0 Å². The minimum Gasteiger partial charge on any atom is -0.378 e. The molecule has 7 heteroatoms. The smallest absolute Gasteiger partial charge is 0.132 e. The Morgan fingerprint density at radius 2 is 1.21 bits per heavy atom. The molecule has 1 aliphatic heterocycles. The van der Waals surface area contributed by atoms with E-state index in [1.54, 1.807) is 0 Å². The second-order valence-corrected chi connectivity index (χ2v) is 5.47. The number of halogens is 1. The van der Waals surface area contributed by atoms with Crippen LogP contribution in [0, 0.1) is 0 Å². The first kappa shape index (κ1) is 17.5. The zero-order valence-electron chi connectivity index (χ0n) is 11.4. The van der Waals surface area contributed by atoms with Gasteiger partial charge in [0.1, 0.15) is 4.11 Å². The molecule has 0 aromatic rings. The fraction of sp³-hybridized carbons (Fsp3) is 1.00. The Morgan fingerprint density at radius 1 is 0.684 bits per heavy atom. The lowest BCUT2D eigenvalue weighted by molar-refractivity contribution is 0.0322. The van der Waals surface area contributed by atoms with Crippen LogP contribution in [0.4, 0.5) is 0 Å². The molecule has 114 valence electrons. The van der Waals surface area contributed by atoms with Gasteiger partial charge in [0.2, 0.25) is 0 Å². The van der Waals surface area contributed by atoms with E-state index in [9.17, 15) is 0 Å². The highest BCUT2D eigenvalue weighted by Gasteiger charge is 2.03. The van der Waals surface area contributed by atoms with Gasteiger partial charge in [-0.25, -0.2) is 0 Å². The number of hydrogen-bond donors (Lipinski definition) is 2. The molecule has 6 nitrogen and oxygen atoms in total. The summed E-state index contributed by atoms with van der Waals surface area (Å²) < 4.78 is 22.1. The third-order valence-corrected chi connectivity index (χ3v) is 3.19. The molecular formula is C12H25IN2O4. The summed E-state index contributed by atoms with van der Waals surface area (Å²) in [5.74, 6) is 0. The molecule has 0 aromatic heterocycles. The van der Waals surface area contributed by atoms with Crippen molar-refractivity contribution >= 4 is 22.6 Å². The second-order valence-electron chi connectivity index (χ2n) is 4.08. The predicted molar refractivity (Wildman–Crippen MR) is 82.0 cm³/mol. The number of ether oxygens (including phenoxy) is 4. The molecule has 0 aromatic carbocycles. The van der Waals surface area contributed by atoms with Crippen LogP contribution in [0.2, 0.25) is 0 Å². The Morgan fingerprint density at radius 3 is 1.84 bits per heavy atom. The lowest BCUT2D eigenvalue weighted by Crippen LogP contribution is -2.28. The fourth-order valence-electron chi connectivity index (χ4n) is 1.49. The summed E-state index contributed by atoms with van der Waals surface area (Å²) in [7, 11) is 0. The number of nitrogens with one attached hydrogen (secondary N) is 2. The van der Waals surface area contributed by atoms with Crippen molar-refractivity contribution in [1.29, 1.82) is 0 Å². The zero-order valence-corrected chi connectivity index (χ0v) is 13.5. The van der Waals surface area contributed by atoms with E-state index in [1.165, 1.54) is 0 Å². The Bertz CT molecular complexity index is 183. The summed E-state index contributed by atoms with van der Waals surface area (Å²) in [5, 5.41) is 6.53. The average Bonchev–Trinajstić information content (AvgIpc) is 2.41. The van der Waals surface area contributed by atoms with E-state index < -0.39 is 0 Å². The Labute approximate surface area is 129 Å². The third kappa shape index (κ3) is 12.0. The maximum Gasteiger partial charge on any atom is 0.132 e. The normalized spacial score (nSPS) is 27.3. The monoisotopic (exact) mass is 388 g/mol. The molecule has 0 amide bonds. The molecule has 1 fully saturated rings. The van der Waals surface area contributed by atoms with Gasteiger partial charge in [-0.15, -0.1) is 0 Å². The number of alkyl halides is 1. The molecule has 2 N–H and O–H groups in total. The van der Waals surface area contributed by atoms with Crippen molar-refractivity contribution in [2.24, 2.45) is 0 Å². The number of rotatable bonds is 0. The summed E-state index contributed by atoms with van der Waals surface area (Å²) in [6, 6.07) is 0. The Hall–Kier alpha value is 0.490. The van der Waals surface area contributed by atoms with Crippen molar-refractivity contribution in [2.45, 2.75) is 4.11 Å². The predicted octanol–water partition coefficient (Wildman–Crippen LogP) is 0.00670. The van der Waals surface area contributed by atoms with E-state index in [0.29, 0.717) is 46.2 Å². The molecule has 0 aliphatic carbocycles. The Balaban J connectivity index is 2.08. The highest BCUT2D eigenvalue weighted by Crippen LogP contribution is 2.02. The van der Waals surface area contributed by atoms with Crippen LogP contribution >= 0.6 is 22.6 Å². The molecule has 0 bridgehead atoms. The molecule has 0 radical (unpaired) electrons. The fourth-order valence-corrected chi connectivity index (χ4v) is 2.00. The van der Waals surface area contributed by atoms with Crippen molar-refractivity contribution in [3.63, 3.8) is 0 Å². The van der Waals surface area contributed by atoms with Gasteiger partial charge in [0.05, 0.1) is 46.2 Å². The second kappa shape index (κ2) is 13.5. The molecule has 19 heavy (non-hydrogen) atoms. The molecule has 1 aliphatic rings. The van der Waals surface area contributed by atoms with E-state index in [1.807, 2.05) is 0 Å². The quantitative estimate of drug-likeness (QED) is 0.451. The largest absolute Gasteiger partial charge is 0.378 e. The SMILES string of the molecule is IC1COCCNCCOCCOCCNCCO1. The lowest BCUT2D eigenvalue weighted by Gasteiger charge is -2.13. The first-order valence-corrected chi connectivity index (χ1v) is 8.04. The lowest BCUT2D eigenvalue weighted by atomic mass is 10.6. The zero-order chi connectivity index (χ0) is 13.6. The standard InChI is InChI=1S/C12H25IN2O4/c13-12-11-18-7-3-14-1-5-16-9-10-17-6-2-15-4-8-19-12/h12,14-15H,1-11H2. The van der Waals surface area contributed by atoms with E-state index in [0.717, 1.165) is 26.2 Å². The van der Waals surface area contributed by atoms with Gasteiger partial charge in [-0.3, -0.25) is 0 Å². The molecule has 0 spiro atoms. The maximum atomic E-state index is 5.61. The highest BCUT2D eigenvalue weighted by molar-refractivity contribution is 14.1. The Kier molecular flexibility index (Phi) is 12.4. The van der Waals surface area contributed by atoms with Crippen molar-refractivity contribution in [3.8, 4) is 0 Å².